The smallest absolute Gasteiger partial charge is 0.360 e. The normalized spacial score (nSPS) is 11.2. The lowest BCUT2D eigenvalue weighted by Crippen LogP contribution is -2.19. The first-order valence-corrected chi connectivity index (χ1v) is 5.61. The van der Waals surface area contributed by atoms with E-state index in [1.54, 1.807) is 18.2 Å². The summed E-state index contributed by atoms with van der Waals surface area (Å²) in [6.07, 6.45) is 1.16. The number of esters is 1. The predicted molar refractivity (Wildman–Crippen MR) is 74.8 cm³/mol. The van der Waals surface area contributed by atoms with Gasteiger partial charge >= 0.3 is 5.97 Å². The van der Waals surface area contributed by atoms with E-state index in [0.29, 0.717) is 5.56 Å². The summed E-state index contributed by atoms with van der Waals surface area (Å²) < 4.78 is 9.85. The number of methoxy groups -OCH3 is 1. The molecule has 1 aromatic rings. The van der Waals surface area contributed by atoms with Crippen molar-refractivity contribution >= 4 is 24.8 Å². The zero-order valence-electron chi connectivity index (χ0n) is 11.3. The van der Waals surface area contributed by atoms with Crippen molar-refractivity contribution in [2.24, 2.45) is 15.4 Å². The Kier molecular flexibility index (Phi) is 6.46. The quantitative estimate of drug-likeness (QED) is 0.326. The van der Waals surface area contributed by atoms with Crippen LogP contribution in [-0.4, -0.2) is 39.0 Å². The fourth-order valence-electron chi connectivity index (χ4n) is 1.46. The lowest BCUT2D eigenvalue weighted by molar-refractivity contribution is -0.132. The number of hydrogen-bond donors (Lipinski definition) is 0. The molecule has 7 heteroatoms. The van der Waals surface area contributed by atoms with E-state index in [4.69, 9.17) is 4.74 Å². The highest BCUT2D eigenvalue weighted by Crippen LogP contribution is 2.12. The van der Waals surface area contributed by atoms with Gasteiger partial charge in [0.2, 0.25) is 0 Å². The average Bonchev–Trinajstić information content (AvgIpc) is 2.49. The number of carbonyl (C=O) groups excluding carboxylic acids is 1. The van der Waals surface area contributed by atoms with Crippen LogP contribution in [0.4, 0.5) is 0 Å². The van der Waals surface area contributed by atoms with Gasteiger partial charge < -0.3 is 14.3 Å². The van der Waals surface area contributed by atoms with E-state index in [2.05, 4.69) is 31.7 Å². The number of hydrogen-bond acceptors (Lipinski definition) is 7. The van der Waals surface area contributed by atoms with Gasteiger partial charge in [-0.1, -0.05) is 29.4 Å². The van der Waals surface area contributed by atoms with Crippen LogP contribution >= 0.6 is 0 Å². The molecular weight excluding hydrogens is 262 g/mol. The highest BCUT2D eigenvalue weighted by atomic mass is 16.6. The maximum Gasteiger partial charge on any atom is 0.360 e. The number of oxime groups is 1. The average molecular weight is 277 g/mol. The fourth-order valence-corrected chi connectivity index (χ4v) is 1.46. The summed E-state index contributed by atoms with van der Waals surface area (Å²) in [5.74, 6) is -0.597. The van der Waals surface area contributed by atoms with Crippen molar-refractivity contribution in [3.63, 3.8) is 0 Å². The van der Waals surface area contributed by atoms with Crippen LogP contribution in [0.1, 0.15) is 11.1 Å². The molecule has 0 heterocycles. The minimum absolute atomic E-state index is 0.0629. The zero-order chi connectivity index (χ0) is 14.8. The molecule has 0 aliphatic heterocycles. The maximum atomic E-state index is 11.7. The molecule has 0 atom stereocenters. The van der Waals surface area contributed by atoms with Crippen LogP contribution in [0.2, 0.25) is 0 Å². The first-order chi connectivity index (χ1) is 9.74. The van der Waals surface area contributed by atoms with Crippen molar-refractivity contribution in [3.05, 3.63) is 35.4 Å². The number of benzene rings is 1. The Morgan fingerprint density at radius 3 is 2.75 bits per heavy atom. The molecule has 0 bridgehead atoms. The van der Waals surface area contributed by atoms with E-state index in [1.165, 1.54) is 14.2 Å². The summed E-state index contributed by atoms with van der Waals surface area (Å²) in [5.41, 5.74) is 1.35. The topological polar surface area (TPSA) is 81.8 Å². The van der Waals surface area contributed by atoms with Crippen LogP contribution < -0.4 is 0 Å². The third-order valence-electron chi connectivity index (χ3n) is 2.28. The van der Waals surface area contributed by atoms with Gasteiger partial charge in [-0.25, -0.2) is 4.79 Å². The van der Waals surface area contributed by atoms with Gasteiger partial charge in [0.1, 0.15) is 13.7 Å². The second-order valence-electron chi connectivity index (χ2n) is 3.44. The van der Waals surface area contributed by atoms with Crippen LogP contribution in [0.25, 0.3) is 0 Å². The van der Waals surface area contributed by atoms with Crippen molar-refractivity contribution in [3.8, 4) is 0 Å². The largest absolute Gasteiger partial charge is 0.477 e. The third kappa shape index (κ3) is 4.20. The summed E-state index contributed by atoms with van der Waals surface area (Å²) in [6.45, 7) is 3.37. The van der Waals surface area contributed by atoms with Gasteiger partial charge in [-0.3, -0.25) is 0 Å². The molecule has 0 aliphatic rings. The Bertz CT molecular complexity index is 526. The predicted octanol–water partition coefficient (Wildman–Crippen LogP) is 1.37. The third-order valence-corrected chi connectivity index (χ3v) is 2.28. The molecule has 7 nitrogen and oxygen atoms in total. The molecule has 0 unspecified atom stereocenters. The van der Waals surface area contributed by atoms with Gasteiger partial charge in [-0.15, -0.1) is 5.10 Å². The van der Waals surface area contributed by atoms with E-state index in [0.717, 1.165) is 12.0 Å². The first-order valence-electron chi connectivity index (χ1n) is 5.61. The van der Waals surface area contributed by atoms with Crippen molar-refractivity contribution in [1.29, 1.82) is 0 Å². The van der Waals surface area contributed by atoms with E-state index >= 15 is 0 Å². The summed E-state index contributed by atoms with van der Waals surface area (Å²) >= 11 is 0. The molecule has 0 N–H and O–H groups in total. The van der Waals surface area contributed by atoms with Gasteiger partial charge in [0.25, 0.3) is 0 Å². The molecular formula is C13H15N3O4. The number of rotatable bonds is 7. The molecule has 1 rings (SSSR count). The Balaban J connectivity index is 3.03. The second-order valence-corrected chi connectivity index (χ2v) is 3.44. The minimum Gasteiger partial charge on any atom is -0.477 e. The summed E-state index contributed by atoms with van der Waals surface area (Å²) in [5, 5.41) is 10.4. The van der Waals surface area contributed by atoms with Crippen LogP contribution in [0.5, 0.6) is 0 Å². The van der Waals surface area contributed by atoms with Crippen molar-refractivity contribution < 1.29 is 19.1 Å². The first kappa shape index (κ1) is 15.4. The minimum atomic E-state index is -0.597. The standard InChI is InChI=1S/C13H15N3O4/c1-14-15-9-20-8-10-6-4-5-7-11(10)12(16-19-3)13(17)18-2/h4-7,9H,1,8H2,2-3H3/b15-9?,16-12-. The summed E-state index contributed by atoms with van der Waals surface area (Å²) in [6, 6.07) is 7.09. The molecule has 0 spiro atoms. The monoisotopic (exact) mass is 277 g/mol. The van der Waals surface area contributed by atoms with Crippen LogP contribution in [0.3, 0.4) is 0 Å². The van der Waals surface area contributed by atoms with Crippen molar-refractivity contribution in [2.75, 3.05) is 14.2 Å². The van der Waals surface area contributed by atoms with Crippen LogP contribution in [0.15, 0.2) is 39.6 Å². The Morgan fingerprint density at radius 2 is 2.10 bits per heavy atom. The molecule has 0 fully saturated rings. The molecule has 0 radical (unpaired) electrons. The SMILES string of the molecule is C=NN=COCc1ccccc1/C(=N/OC)C(=O)OC. The Hall–Kier alpha value is -2.70. The van der Waals surface area contributed by atoms with E-state index in [1.807, 2.05) is 6.07 Å². The van der Waals surface area contributed by atoms with Gasteiger partial charge in [0.15, 0.2) is 12.1 Å². The van der Waals surface area contributed by atoms with Crippen LogP contribution in [-0.2, 0) is 25.7 Å². The lowest BCUT2D eigenvalue weighted by atomic mass is 10.0. The molecule has 0 amide bonds. The van der Waals surface area contributed by atoms with Gasteiger partial charge in [0, 0.05) is 12.3 Å². The lowest BCUT2D eigenvalue weighted by Gasteiger charge is -2.09. The number of ether oxygens (including phenoxy) is 2. The fraction of sp³-hybridized carbons (Fsp3) is 0.231. The highest BCUT2D eigenvalue weighted by Gasteiger charge is 2.18. The van der Waals surface area contributed by atoms with Crippen molar-refractivity contribution in [1.82, 2.24) is 0 Å². The maximum absolute atomic E-state index is 11.7. The molecule has 20 heavy (non-hydrogen) atoms. The Morgan fingerprint density at radius 1 is 1.35 bits per heavy atom. The molecule has 0 aliphatic carbocycles. The van der Waals surface area contributed by atoms with Gasteiger partial charge in [0.05, 0.1) is 7.11 Å². The zero-order valence-corrected chi connectivity index (χ0v) is 11.3. The highest BCUT2D eigenvalue weighted by molar-refractivity contribution is 6.43. The molecule has 1 aromatic carbocycles. The molecule has 0 saturated heterocycles. The van der Waals surface area contributed by atoms with Gasteiger partial charge in [-0.2, -0.15) is 5.10 Å². The second kappa shape index (κ2) is 8.41. The van der Waals surface area contributed by atoms with E-state index in [-0.39, 0.29) is 12.3 Å². The Labute approximate surface area is 116 Å². The number of nitrogens with zero attached hydrogens (tertiary/aromatic N) is 3. The molecule has 0 aromatic heterocycles. The van der Waals surface area contributed by atoms with Crippen molar-refractivity contribution in [2.45, 2.75) is 6.61 Å². The number of carbonyl (C=O) groups is 1. The summed E-state index contributed by atoms with van der Waals surface area (Å²) in [7, 11) is 2.62. The summed E-state index contributed by atoms with van der Waals surface area (Å²) in [4.78, 5) is 16.4. The molecule has 0 saturated carbocycles. The van der Waals surface area contributed by atoms with E-state index in [9.17, 15) is 4.79 Å². The molecule has 106 valence electrons. The van der Waals surface area contributed by atoms with Gasteiger partial charge in [-0.05, 0) is 5.56 Å². The van der Waals surface area contributed by atoms with Crippen LogP contribution in [0, 0.1) is 0 Å². The van der Waals surface area contributed by atoms with E-state index < -0.39 is 5.97 Å².